The van der Waals surface area contributed by atoms with Crippen LogP contribution in [0.1, 0.15) is 25.0 Å². The summed E-state index contributed by atoms with van der Waals surface area (Å²) in [6.07, 6.45) is -9.95. The van der Waals surface area contributed by atoms with Crippen LogP contribution in [0.4, 0.5) is 36.8 Å². The van der Waals surface area contributed by atoms with Gasteiger partial charge in [0, 0.05) is 18.3 Å². The Labute approximate surface area is 147 Å². The first-order chi connectivity index (χ1) is 11.7. The van der Waals surface area contributed by atoms with Crippen LogP contribution in [0.3, 0.4) is 0 Å². The van der Waals surface area contributed by atoms with E-state index in [-0.39, 0.29) is 18.0 Å². The number of urea groups is 1. The zero-order chi connectivity index (χ0) is 20.3. The highest BCUT2D eigenvalue weighted by Crippen LogP contribution is 2.37. The molecule has 0 aliphatic rings. The van der Waals surface area contributed by atoms with Gasteiger partial charge >= 0.3 is 18.4 Å². The highest BCUT2D eigenvalue weighted by atomic mass is 19.4. The van der Waals surface area contributed by atoms with Crippen molar-refractivity contribution in [1.82, 2.24) is 10.2 Å². The SMILES string of the molecule is CC(C)[C@@H](CN(C)C)NC(=O)Nc1cc(C(F)(F)F)cc(C(F)(F)F)c1. The van der Waals surface area contributed by atoms with Crippen LogP contribution in [0.5, 0.6) is 0 Å². The summed E-state index contributed by atoms with van der Waals surface area (Å²) in [6.45, 7) is 4.13. The third kappa shape index (κ3) is 6.74. The summed E-state index contributed by atoms with van der Waals surface area (Å²) in [5, 5.41) is 4.62. The fraction of sp³-hybridized carbons (Fsp3) is 0.562. The van der Waals surface area contributed by atoms with Gasteiger partial charge in [-0.05, 0) is 38.2 Å². The Morgan fingerprint density at radius 2 is 1.46 bits per heavy atom. The number of anilines is 1. The standard InChI is InChI=1S/C16H21F6N3O/c1-9(2)13(8-25(3)4)24-14(26)23-12-6-10(15(17,18)19)5-11(7-12)16(20,21)22/h5-7,9,13H,8H2,1-4H3,(H2,23,24,26)/t13-/m1/s1. The number of amides is 2. The number of hydrogen-bond donors (Lipinski definition) is 2. The number of alkyl halides is 6. The Morgan fingerprint density at radius 3 is 1.81 bits per heavy atom. The van der Waals surface area contributed by atoms with Gasteiger partial charge in [-0.2, -0.15) is 26.3 Å². The van der Waals surface area contributed by atoms with Crippen LogP contribution in [0.25, 0.3) is 0 Å². The minimum absolute atomic E-state index is 0.00600. The molecular weight excluding hydrogens is 364 g/mol. The number of hydrogen-bond acceptors (Lipinski definition) is 2. The monoisotopic (exact) mass is 385 g/mol. The van der Waals surface area contributed by atoms with Crippen molar-refractivity contribution in [2.45, 2.75) is 32.2 Å². The molecule has 0 aromatic heterocycles. The van der Waals surface area contributed by atoms with E-state index >= 15 is 0 Å². The maximum absolute atomic E-state index is 12.8. The van der Waals surface area contributed by atoms with Crippen molar-refractivity contribution in [3.8, 4) is 0 Å². The van der Waals surface area contributed by atoms with Crippen molar-refractivity contribution in [2.75, 3.05) is 26.0 Å². The van der Waals surface area contributed by atoms with Crippen LogP contribution in [-0.2, 0) is 12.4 Å². The molecule has 0 radical (unpaired) electrons. The third-order valence-electron chi connectivity index (χ3n) is 3.53. The smallest absolute Gasteiger partial charge is 0.334 e. The summed E-state index contributed by atoms with van der Waals surface area (Å²) >= 11 is 0. The molecule has 26 heavy (non-hydrogen) atoms. The van der Waals surface area contributed by atoms with Crippen molar-refractivity contribution in [2.24, 2.45) is 5.92 Å². The molecule has 0 unspecified atom stereocenters. The predicted molar refractivity (Wildman–Crippen MR) is 85.8 cm³/mol. The average molecular weight is 385 g/mol. The average Bonchev–Trinajstić information content (AvgIpc) is 2.43. The zero-order valence-corrected chi connectivity index (χ0v) is 14.7. The van der Waals surface area contributed by atoms with E-state index < -0.39 is 35.2 Å². The predicted octanol–water partition coefficient (Wildman–Crippen LogP) is 4.43. The highest BCUT2D eigenvalue weighted by Gasteiger charge is 2.37. The van der Waals surface area contributed by atoms with Gasteiger partial charge in [-0.1, -0.05) is 13.8 Å². The maximum atomic E-state index is 12.8. The minimum Gasteiger partial charge on any atom is -0.334 e. The summed E-state index contributed by atoms with van der Waals surface area (Å²) in [5.74, 6) is 0.00963. The van der Waals surface area contributed by atoms with E-state index in [1.165, 1.54) is 0 Å². The summed E-state index contributed by atoms with van der Waals surface area (Å²) in [6, 6.07) is -0.279. The molecule has 1 aromatic rings. The van der Waals surface area contributed by atoms with Crippen molar-refractivity contribution in [3.63, 3.8) is 0 Å². The summed E-state index contributed by atoms with van der Waals surface area (Å²) < 4.78 is 77.0. The van der Waals surface area contributed by atoms with Crippen molar-refractivity contribution >= 4 is 11.7 Å². The number of rotatable bonds is 5. The Balaban J connectivity index is 3.06. The first-order valence-corrected chi connectivity index (χ1v) is 7.72. The topological polar surface area (TPSA) is 44.4 Å². The molecule has 10 heteroatoms. The lowest BCUT2D eigenvalue weighted by molar-refractivity contribution is -0.143. The number of carbonyl (C=O) groups excluding carboxylic acids is 1. The van der Waals surface area contributed by atoms with Crippen LogP contribution >= 0.6 is 0 Å². The molecule has 2 N–H and O–H groups in total. The van der Waals surface area contributed by atoms with E-state index in [9.17, 15) is 31.1 Å². The van der Waals surface area contributed by atoms with Gasteiger partial charge in [0.15, 0.2) is 0 Å². The molecule has 1 atom stereocenters. The van der Waals surface area contributed by atoms with Crippen LogP contribution in [0.2, 0.25) is 0 Å². The second-order valence-corrected chi connectivity index (χ2v) is 6.51. The van der Waals surface area contributed by atoms with Crippen molar-refractivity contribution < 1.29 is 31.1 Å². The Morgan fingerprint density at radius 1 is 1.00 bits per heavy atom. The van der Waals surface area contributed by atoms with Gasteiger partial charge in [0.05, 0.1) is 11.1 Å². The normalized spacial score (nSPS) is 13.8. The van der Waals surface area contributed by atoms with Gasteiger partial charge in [0.1, 0.15) is 0 Å². The van der Waals surface area contributed by atoms with Crippen LogP contribution in [-0.4, -0.2) is 37.6 Å². The number of nitrogens with zero attached hydrogens (tertiary/aromatic N) is 1. The second-order valence-electron chi connectivity index (χ2n) is 6.51. The first-order valence-electron chi connectivity index (χ1n) is 7.72. The van der Waals surface area contributed by atoms with E-state index in [1.54, 1.807) is 19.0 Å². The molecule has 0 aliphatic heterocycles. The van der Waals surface area contributed by atoms with E-state index in [4.69, 9.17) is 0 Å². The lowest BCUT2D eigenvalue weighted by Crippen LogP contribution is -2.46. The first kappa shape index (κ1) is 22.1. The van der Waals surface area contributed by atoms with Crippen molar-refractivity contribution in [1.29, 1.82) is 0 Å². The molecule has 1 rings (SSSR count). The third-order valence-corrected chi connectivity index (χ3v) is 3.53. The molecular formula is C16H21F6N3O. The van der Waals surface area contributed by atoms with Gasteiger partial charge in [0.25, 0.3) is 0 Å². The summed E-state index contributed by atoms with van der Waals surface area (Å²) in [5.41, 5.74) is -3.57. The minimum atomic E-state index is -4.97. The molecule has 4 nitrogen and oxygen atoms in total. The highest BCUT2D eigenvalue weighted by molar-refractivity contribution is 5.89. The quantitative estimate of drug-likeness (QED) is 0.737. The van der Waals surface area contributed by atoms with E-state index in [0.717, 1.165) is 0 Å². The lowest BCUT2D eigenvalue weighted by atomic mass is 10.0. The molecule has 2 amide bonds. The molecule has 0 saturated carbocycles. The van der Waals surface area contributed by atoms with Gasteiger partial charge in [-0.25, -0.2) is 4.79 Å². The number of carbonyl (C=O) groups is 1. The Bertz CT molecular complexity index is 593. The summed E-state index contributed by atoms with van der Waals surface area (Å²) in [7, 11) is 3.55. The number of likely N-dealkylation sites (N-methyl/N-ethyl adjacent to an activating group) is 1. The van der Waals surface area contributed by atoms with Gasteiger partial charge in [0.2, 0.25) is 0 Å². The number of nitrogens with one attached hydrogen (secondary N) is 2. The zero-order valence-electron chi connectivity index (χ0n) is 14.7. The number of halogens is 6. The molecule has 0 aliphatic carbocycles. The van der Waals surface area contributed by atoms with E-state index in [1.807, 2.05) is 13.8 Å². The second kappa shape index (κ2) is 8.15. The summed E-state index contributed by atoms with van der Waals surface area (Å²) in [4.78, 5) is 13.8. The molecule has 0 heterocycles. The molecule has 0 bridgehead atoms. The molecule has 0 saturated heterocycles. The molecule has 1 aromatic carbocycles. The fourth-order valence-corrected chi connectivity index (χ4v) is 2.18. The van der Waals surface area contributed by atoms with Crippen molar-refractivity contribution in [3.05, 3.63) is 29.3 Å². The maximum Gasteiger partial charge on any atom is 0.416 e. The van der Waals surface area contributed by atoms with Gasteiger partial charge in [-0.15, -0.1) is 0 Å². The van der Waals surface area contributed by atoms with Crippen LogP contribution < -0.4 is 10.6 Å². The van der Waals surface area contributed by atoms with Crippen LogP contribution in [0.15, 0.2) is 18.2 Å². The van der Waals surface area contributed by atoms with Gasteiger partial charge < -0.3 is 15.5 Å². The van der Waals surface area contributed by atoms with Gasteiger partial charge in [-0.3, -0.25) is 0 Å². The lowest BCUT2D eigenvalue weighted by Gasteiger charge is -2.25. The van der Waals surface area contributed by atoms with E-state index in [2.05, 4.69) is 10.6 Å². The molecule has 0 spiro atoms. The Hall–Kier alpha value is -1.97. The fourth-order valence-electron chi connectivity index (χ4n) is 2.18. The molecule has 0 fully saturated rings. The van der Waals surface area contributed by atoms with E-state index in [0.29, 0.717) is 18.7 Å². The molecule has 148 valence electrons. The largest absolute Gasteiger partial charge is 0.416 e. The Kier molecular flexibility index (Phi) is 6.92. The van der Waals surface area contributed by atoms with Crippen LogP contribution in [0, 0.1) is 5.92 Å². The number of benzene rings is 1.